The van der Waals surface area contributed by atoms with Gasteiger partial charge >= 0.3 is 6.03 Å². The summed E-state index contributed by atoms with van der Waals surface area (Å²) in [4.78, 5) is 15.2. The van der Waals surface area contributed by atoms with Gasteiger partial charge < -0.3 is 25.0 Å². The summed E-state index contributed by atoms with van der Waals surface area (Å²) >= 11 is 12.9. The molecule has 2 amide bonds. The van der Waals surface area contributed by atoms with Crippen LogP contribution in [0.1, 0.15) is 63.0 Å². The van der Waals surface area contributed by atoms with Crippen molar-refractivity contribution in [1.29, 1.82) is 0 Å². The molecule has 192 valence electrons. The molecule has 8 heteroatoms. The van der Waals surface area contributed by atoms with Crippen molar-refractivity contribution in [2.45, 2.75) is 63.5 Å². The number of benzene rings is 1. The second kappa shape index (κ2) is 14.5. The Morgan fingerprint density at radius 1 is 1.18 bits per heavy atom. The van der Waals surface area contributed by atoms with E-state index < -0.39 is 0 Å². The molecule has 6 nitrogen and oxygen atoms in total. The number of methoxy groups -OCH3 is 1. The molecule has 34 heavy (non-hydrogen) atoms. The Bertz CT molecular complexity index is 761. The fraction of sp³-hybridized carbons (Fsp3) is 0.731. The van der Waals surface area contributed by atoms with Crippen LogP contribution < -0.4 is 10.6 Å². The number of ether oxygens (including phenoxy) is 2. The van der Waals surface area contributed by atoms with Gasteiger partial charge in [-0.3, -0.25) is 0 Å². The first-order valence-corrected chi connectivity index (χ1v) is 13.5. The maximum Gasteiger partial charge on any atom is 0.317 e. The van der Waals surface area contributed by atoms with Crippen LogP contribution in [0.5, 0.6) is 0 Å². The van der Waals surface area contributed by atoms with Crippen LogP contribution in [-0.4, -0.2) is 64.0 Å². The Kier molecular flexibility index (Phi) is 11.7. The van der Waals surface area contributed by atoms with E-state index in [4.69, 9.17) is 32.7 Å². The third-order valence-electron chi connectivity index (χ3n) is 7.12. The fourth-order valence-corrected chi connectivity index (χ4v) is 5.84. The summed E-state index contributed by atoms with van der Waals surface area (Å²) in [6, 6.07) is 5.87. The molecule has 2 N–H and O–H groups in total. The number of nitrogens with zero attached hydrogens (tertiary/aromatic N) is 1. The smallest absolute Gasteiger partial charge is 0.317 e. The van der Waals surface area contributed by atoms with Crippen molar-refractivity contribution >= 4 is 29.2 Å². The molecule has 1 saturated carbocycles. The quantitative estimate of drug-likeness (QED) is 0.353. The highest BCUT2D eigenvalue weighted by Gasteiger charge is 2.33. The van der Waals surface area contributed by atoms with E-state index in [-0.39, 0.29) is 24.1 Å². The molecule has 1 aromatic carbocycles. The van der Waals surface area contributed by atoms with Gasteiger partial charge in [0.15, 0.2) is 0 Å². The molecular formula is C26H41Cl2N3O3. The molecule has 1 aliphatic heterocycles. The lowest BCUT2D eigenvalue weighted by atomic mass is 9.88. The predicted octanol–water partition coefficient (Wildman–Crippen LogP) is 5.68. The number of piperidine rings is 1. The van der Waals surface area contributed by atoms with E-state index in [1.807, 2.05) is 24.1 Å². The Balaban J connectivity index is 1.66. The summed E-state index contributed by atoms with van der Waals surface area (Å²) in [5.74, 6) is 0.873. The van der Waals surface area contributed by atoms with Gasteiger partial charge in [0.25, 0.3) is 0 Å². The molecule has 0 spiro atoms. The summed E-state index contributed by atoms with van der Waals surface area (Å²) in [5.41, 5.74) is 0.896. The van der Waals surface area contributed by atoms with Crippen molar-refractivity contribution in [3.8, 4) is 0 Å². The van der Waals surface area contributed by atoms with Crippen molar-refractivity contribution < 1.29 is 14.3 Å². The van der Waals surface area contributed by atoms with Crippen LogP contribution in [0.4, 0.5) is 4.79 Å². The van der Waals surface area contributed by atoms with Crippen LogP contribution in [0.3, 0.4) is 0 Å². The number of hydrogen-bond acceptors (Lipinski definition) is 4. The third-order valence-corrected chi connectivity index (χ3v) is 7.96. The lowest BCUT2D eigenvalue weighted by molar-refractivity contribution is -0.0167. The highest BCUT2D eigenvalue weighted by atomic mass is 35.5. The summed E-state index contributed by atoms with van der Waals surface area (Å²) in [7, 11) is 3.64. The van der Waals surface area contributed by atoms with Gasteiger partial charge in [0, 0.05) is 57.5 Å². The number of amides is 2. The van der Waals surface area contributed by atoms with Crippen LogP contribution in [-0.2, 0) is 9.47 Å². The summed E-state index contributed by atoms with van der Waals surface area (Å²) < 4.78 is 11.5. The lowest BCUT2D eigenvalue weighted by Gasteiger charge is -2.38. The number of likely N-dealkylation sites (N-methyl/N-ethyl adjacent to an activating group) is 1. The van der Waals surface area contributed by atoms with Gasteiger partial charge in [-0.15, -0.1) is 0 Å². The Morgan fingerprint density at radius 2 is 1.97 bits per heavy atom. The zero-order chi connectivity index (χ0) is 24.3. The van der Waals surface area contributed by atoms with Gasteiger partial charge in [0.1, 0.15) is 0 Å². The highest BCUT2D eigenvalue weighted by Crippen LogP contribution is 2.39. The third kappa shape index (κ3) is 7.99. The molecule has 1 aromatic rings. The minimum absolute atomic E-state index is 0.0262. The molecular weight excluding hydrogens is 473 g/mol. The number of urea groups is 1. The SMILES string of the molecule is CNC[C@H](CC1CCCC1)NC(=O)N1CCC[C@@H](C(OCCCOC)c2cccc(Cl)c2Cl)C1. The molecule has 0 aromatic heterocycles. The van der Waals surface area contributed by atoms with E-state index in [2.05, 4.69) is 10.6 Å². The second-order valence-corrected chi connectivity index (χ2v) is 10.5. The minimum atomic E-state index is -0.217. The minimum Gasteiger partial charge on any atom is -0.385 e. The van der Waals surface area contributed by atoms with Crippen LogP contribution in [0.2, 0.25) is 10.0 Å². The molecule has 3 atom stereocenters. The first-order valence-electron chi connectivity index (χ1n) is 12.8. The number of halogens is 2. The van der Waals surface area contributed by atoms with Crippen molar-refractivity contribution in [1.82, 2.24) is 15.5 Å². The van der Waals surface area contributed by atoms with E-state index in [0.29, 0.717) is 29.8 Å². The molecule has 3 rings (SSSR count). The molecule has 0 bridgehead atoms. The molecule has 2 fully saturated rings. The Labute approximate surface area is 215 Å². The normalized spacial score (nSPS) is 20.9. The van der Waals surface area contributed by atoms with Crippen LogP contribution in [0, 0.1) is 11.8 Å². The van der Waals surface area contributed by atoms with E-state index in [9.17, 15) is 4.79 Å². The van der Waals surface area contributed by atoms with E-state index >= 15 is 0 Å². The number of nitrogens with one attached hydrogen (secondary N) is 2. The van der Waals surface area contributed by atoms with Crippen LogP contribution >= 0.6 is 23.2 Å². The van der Waals surface area contributed by atoms with Gasteiger partial charge in [0.05, 0.1) is 16.1 Å². The summed E-state index contributed by atoms with van der Waals surface area (Å²) in [5, 5.41) is 7.63. The number of carbonyl (C=O) groups excluding carboxylic acids is 1. The molecule has 0 radical (unpaired) electrons. The average molecular weight is 515 g/mol. The number of likely N-dealkylation sites (tertiary alicyclic amines) is 1. The van der Waals surface area contributed by atoms with E-state index in [1.54, 1.807) is 13.2 Å². The highest BCUT2D eigenvalue weighted by molar-refractivity contribution is 6.42. The monoisotopic (exact) mass is 513 g/mol. The fourth-order valence-electron chi connectivity index (χ4n) is 5.43. The van der Waals surface area contributed by atoms with Gasteiger partial charge in [0.2, 0.25) is 0 Å². The maximum absolute atomic E-state index is 13.3. The number of hydrogen-bond donors (Lipinski definition) is 2. The standard InChI is InChI=1S/C26H41Cl2N3O3/c1-29-17-21(16-19-8-3-4-9-19)30-26(32)31-13-6-10-20(18-31)25(34-15-7-14-33-2)22-11-5-12-23(27)24(22)28/h5,11-12,19-21,25,29H,3-4,6-10,13-18H2,1-2H3,(H,30,32)/t20-,21+,25?/m1/s1. The lowest BCUT2D eigenvalue weighted by Crippen LogP contribution is -2.51. The van der Waals surface area contributed by atoms with Gasteiger partial charge in [-0.25, -0.2) is 4.79 Å². The maximum atomic E-state index is 13.3. The molecule has 1 unspecified atom stereocenters. The van der Waals surface area contributed by atoms with E-state index in [1.165, 1.54) is 25.7 Å². The molecule has 1 saturated heterocycles. The second-order valence-electron chi connectivity index (χ2n) is 9.72. The Hall–Kier alpha value is -1.05. The zero-order valence-corrected chi connectivity index (χ0v) is 22.2. The van der Waals surface area contributed by atoms with Gasteiger partial charge in [-0.05, 0) is 44.7 Å². The van der Waals surface area contributed by atoms with Crippen molar-refractivity contribution in [2.24, 2.45) is 11.8 Å². The topological polar surface area (TPSA) is 62.8 Å². The van der Waals surface area contributed by atoms with Crippen LogP contribution in [0.15, 0.2) is 18.2 Å². The Morgan fingerprint density at radius 3 is 2.71 bits per heavy atom. The van der Waals surface area contributed by atoms with Crippen molar-refractivity contribution in [3.63, 3.8) is 0 Å². The predicted molar refractivity (Wildman–Crippen MR) is 139 cm³/mol. The first kappa shape index (κ1) is 27.5. The van der Waals surface area contributed by atoms with E-state index in [0.717, 1.165) is 50.3 Å². The molecule has 1 aliphatic carbocycles. The van der Waals surface area contributed by atoms with Gasteiger partial charge in [-0.1, -0.05) is 61.0 Å². The van der Waals surface area contributed by atoms with Crippen molar-refractivity contribution in [2.75, 3.05) is 47.0 Å². The molecule has 1 heterocycles. The average Bonchev–Trinajstić information content (AvgIpc) is 3.35. The van der Waals surface area contributed by atoms with Crippen LogP contribution in [0.25, 0.3) is 0 Å². The number of carbonyl (C=O) groups is 1. The van der Waals surface area contributed by atoms with Crippen molar-refractivity contribution in [3.05, 3.63) is 33.8 Å². The summed E-state index contributed by atoms with van der Waals surface area (Å²) in [6.07, 6.45) is 8.74. The zero-order valence-electron chi connectivity index (χ0n) is 20.7. The summed E-state index contributed by atoms with van der Waals surface area (Å²) in [6.45, 7) is 3.40. The van der Waals surface area contributed by atoms with Gasteiger partial charge in [-0.2, -0.15) is 0 Å². The molecule has 2 aliphatic rings. The largest absolute Gasteiger partial charge is 0.385 e. The number of rotatable bonds is 12. The first-order chi connectivity index (χ1) is 16.5.